The van der Waals surface area contributed by atoms with Crippen molar-refractivity contribution in [2.45, 2.75) is 18.1 Å². The van der Waals surface area contributed by atoms with Gasteiger partial charge in [0.2, 0.25) is 0 Å². The Morgan fingerprint density at radius 3 is 2.63 bits per heavy atom. The Kier molecular flexibility index (Phi) is 4.20. The molecule has 0 bridgehead atoms. The number of thioether (sulfide) groups is 1. The molecule has 0 fully saturated rings. The maximum atomic E-state index is 4.42. The van der Waals surface area contributed by atoms with Gasteiger partial charge in [0.1, 0.15) is 18.0 Å². The number of hydrogen-bond acceptors (Lipinski definition) is 7. The molecule has 0 amide bonds. The molecule has 2 aromatic rings. The van der Waals surface area contributed by atoms with Gasteiger partial charge < -0.3 is 15.2 Å². The first-order valence-electron chi connectivity index (χ1n) is 5.85. The molecule has 0 aliphatic heterocycles. The lowest BCUT2D eigenvalue weighted by Gasteiger charge is -2.14. The van der Waals surface area contributed by atoms with Crippen LogP contribution in [0.4, 0.5) is 11.6 Å². The number of rotatable bonds is 5. The van der Waals surface area contributed by atoms with Crippen molar-refractivity contribution >= 4 is 23.4 Å². The van der Waals surface area contributed by atoms with Crippen LogP contribution in [0.2, 0.25) is 0 Å². The highest BCUT2D eigenvalue weighted by Crippen LogP contribution is 2.20. The fraction of sp³-hybridized carbons (Fsp3) is 0.455. The van der Waals surface area contributed by atoms with Crippen LogP contribution in [0, 0.1) is 0 Å². The molecule has 1 unspecified atom stereocenters. The molecule has 2 heterocycles. The van der Waals surface area contributed by atoms with E-state index >= 15 is 0 Å². The molecule has 102 valence electrons. The normalized spacial score (nSPS) is 12.2. The van der Waals surface area contributed by atoms with Crippen LogP contribution in [0.1, 0.15) is 18.8 Å². The smallest absolute Gasteiger partial charge is 0.191 e. The van der Waals surface area contributed by atoms with Gasteiger partial charge >= 0.3 is 0 Å². The molecule has 1 atom stereocenters. The second-order valence-corrected chi connectivity index (χ2v) is 4.81. The van der Waals surface area contributed by atoms with Crippen LogP contribution in [-0.2, 0) is 7.05 Å². The summed E-state index contributed by atoms with van der Waals surface area (Å²) in [6.45, 7) is 2.02. The number of hydrogen-bond donors (Lipinski definition) is 2. The fourth-order valence-corrected chi connectivity index (χ4v) is 2.07. The maximum Gasteiger partial charge on any atom is 0.191 e. The largest absolute Gasteiger partial charge is 0.373 e. The van der Waals surface area contributed by atoms with Crippen molar-refractivity contribution in [3.8, 4) is 0 Å². The van der Waals surface area contributed by atoms with Crippen molar-refractivity contribution < 1.29 is 0 Å². The highest BCUT2D eigenvalue weighted by Gasteiger charge is 2.12. The third kappa shape index (κ3) is 3.14. The van der Waals surface area contributed by atoms with Crippen LogP contribution in [0.3, 0.4) is 0 Å². The molecule has 0 aromatic carbocycles. The van der Waals surface area contributed by atoms with E-state index in [1.165, 1.54) is 11.8 Å². The molecule has 2 aromatic heterocycles. The minimum atomic E-state index is 0.0156. The van der Waals surface area contributed by atoms with Gasteiger partial charge in [-0.05, 0) is 13.2 Å². The van der Waals surface area contributed by atoms with E-state index in [1.807, 2.05) is 37.9 Å². The zero-order valence-corrected chi connectivity index (χ0v) is 12.2. The molecule has 0 spiro atoms. The van der Waals surface area contributed by atoms with Gasteiger partial charge in [-0.15, -0.1) is 10.2 Å². The Morgan fingerprint density at radius 1 is 1.32 bits per heavy atom. The molecular formula is C11H17N7S. The minimum Gasteiger partial charge on any atom is -0.373 e. The van der Waals surface area contributed by atoms with E-state index in [9.17, 15) is 0 Å². The van der Waals surface area contributed by atoms with E-state index in [1.54, 1.807) is 6.33 Å². The first-order valence-corrected chi connectivity index (χ1v) is 7.07. The van der Waals surface area contributed by atoms with E-state index in [-0.39, 0.29) is 6.04 Å². The Hall–Kier alpha value is -1.83. The summed E-state index contributed by atoms with van der Waals surface area (Å²) in [6, 6.07) is 1.88. The fourth-order valence-electron chi connectivity index (χ4n) is 1.69. The number of nitrogens with one attached hydrogen (secondary N) is 2. The molecule has 2 rings (SSSR count). The van der Waals surface area contributed by atoms with Gasteiger partial charge in [-0.1, -0.05) is 11.8 Å². The number of nitrogens with zero attached hydrogens (tertiary/aromatic N) is 5. The average molecular weight is 279 g/mol. The predicted molar refractivity (Wildman–Crippen MR) is 76.4 cm³/mol. The highest BCUT2D eigenvalue weighted by atomic mass is 32.2. The van der Waals surface area contributed by atoms with Gasteiger partial charge in [-0.2, -0.15) is 0 Å². The van der Waals surface area contributed by atoms with Crippen LogP contribution in [0.25, 0.3) is 0 Å². The van der Waals surface area contributed by atoms with Gasteiger partial charge in [0.15, 0.2) is 11.0 Å². The van der Waals surface area contributed by atoms with Gasteiger partial charge in [-0.25, -0.2) is 9.97 Å². The van der Waals surface area contributed by atoms with Crippen LogP contribution in [0.5, 0.6) is 0 Å². The molecule has 0 radical (unpaired) electrons. The molecule has 19 heavy (non-hydrogen) atoms. The van der Waals surface area contributed by atoms with Crippen molar-refractivity contribution in [3.63, 3.8) is 0 Å². The third-order valence-electron chi connectivity index (χ3n) is 2.64. The topological polar surface area (TPSA) is 80.5 Å². The molecular weight excluding hydrogens is 262 g/mol. The van der Waals surface area contributed by atoms with Crippen molar-refractivity contribution in [2.75, 3.05) is 23.9 Å². The van der Waals surface area contributed by atoms with Gasteiger partial charge in [0.25, 0.3) is 0 Å². The standard InChI is InChI=1S/C11H17N7S/c1-7(10-17-13-6-18(10)3)14-9-5-8(12-2)15-11(16-9)19-4/h5-7H,1-4H3,(H2,12,14,15,16). The van der Waals surface area contributed by atoms with E-state index < -0.39 is 0 Å². The molecule has 7 nitrogen and oxygen atoms in total. The molecule has 8 heteroatoms. The number of aryl methyl sites for hydroxylation is 1. The average Bonchev–Trinajstić information content (AvgIpc) is 2.84. The molecule has 2 N–H and O–H groups in total. The van der Waals surface area contributed by atoms with Crippen LogP contribution in [0.15, 0.2) is 17.6 Å². The lowest BCUT2D eigenvalue weighted by molar-refractivity contribution is 0.714. The summed E-state index contributed by atoms with van der Waals surface area (Å²) in [5.74, 6) is 2.40. The first-order chi connectivity index (χ1) is 9.13. The quantitative estimate of drug-likeness (QED) is 0.634. The Morgan fingerprint density at radius 2 is 2.05 bits per heavy atom. The highest BCUT2D eigenvalue weighted by molar-refractivity contribution is 7.98. The third-order valence-corrected chi connectivity index (χ3v) is 3.19. The molecule has 0 aliphatic carbocycles. The zero-order valence-electron chi connectivity index (χ0n) is 11.4. The van der Waals surface area contributed by atoms with Crippen LogP contribution in [-0.4, -0.2) is 38.0 Å². The second-order valence-electron chi connectivity index (χ2n) is 4.04. The minimum absolute atomic E-state index is 0.0156. The summed E-state index contributed by atoms with van der Waals surface area (Å²) in [6.07, 6.45) is 3.63. The molecule has 0 saturated carbocycles. The zero-order chi connectivity index (χ0) is 13.8. The second kappa shape index (κ2) is 5.87. The van der Waals surface area contributed by atoms with E-state index in [0.717, 1.165) is 22.6 Å². The van der Waals surface area contributed by atoms with E-state index in [4.69, 9.17) is 0 Å². The summed E-state index contributed by atoms with van der Waals surface area (Å²) < 4.78 is 1.88. The van der Waals surface area contributed by atoms with Crippen LogP contribution < -0.4 is 10.6 Å². The first kappa shape index (κ1) is 13.6. The van der Waals surface area contributed by atoms with Crippen molar-refractivity contribution in [3.05, 3.63) is 18.2 Å². The van der Waals surface area contributed by atoms with Crippen molar-refractivity contribution in [1.29, 1.82) is 0 Å². The Bertz CT molecular complexity index is 531. The lowest BCUT2D eigenvalue weighted by atomic mass is 10.3. The number of aromatic nitrogens is 5. The van der Waals surface area contributed by atoms with Crippen LogP contribution >= 0.6 is 11.8 Å². The summed E-state index contributed by atoms with van der Waals surface area (Å²) in [5, 5.41) is 15.0. The summed E-state index contributed by atoms with van der Waals surface area (Å²) in [7, 11) is 3.75. The summed E-state index contributed by atoms with van der Waals surface area (Å²) >= 11 is 1.50. The Balaban J connectivity index is 2.21. The lowest BCUT2D eigenvalue weighted by Crippen LogP contribution is -2.13. The molecule has 0 aliphatic rings. The van der Waals surface area contributed by atoms with Crippen molar-refractivity contribution in [1.82, 2.24) is 24.7 Å². The monoisotopic (exact) mass is 279 g/mol. The van der Waals surface area contributed by atoms with Gasteiger partial charge in [0.05, 0.1) is 6.04 Å². The summed E-state index contributed by atoms with van der Waals surface area (Å²) in [4.78, 5) is 8.75. The number of anilines is 2. The van der Waals surface area contributed by atoms with Crippen molar-refractivity contribution in [2.24, 2.45) is 7.05 Å². The molecule has 0 saturated heterocycles. The summed E-state index contributed by atoms with van der Waals surface area (Å²) in [5.41, 5.74) is 0. The predicted octanol–water partition coefficient (Wildman–Crippen LogP) is 1.54. The van der Waals surface area contributed by atoms with Gasteiger partial charge in [0, 0.05) is 20.2 Å². The van der Waals surface area contributed by atoms with E-state index in [2.05, 4.69) is 30.8 Å². The van der Waals surface area contributed by atoms with Gasteiger partial charge in [-0.3, -0.25) is 0 Å². The van der Waals surface area contributed by atoms with E-state index in [0.29, 0.717) is 0 Å². The maximum absolute atomic E-state index is 4.42. The Labute approximate surface area is 116 Å². The SMILES string of the molecule is CNc1cc(NC(C)c2nncn2C)nc(SC)n1.